The molecule has 2 aromatic rings. The minimum atomic E-state index is -0.706. The number of rotatable bonds is 3. The largest absolute Gasteiger partial charge is 0.324 e. The number of nitrogens with one attached hydrogen (secondary N) is 1. The van der Waals surface area contributed by atoms with E-state index in [9.17, 15) is 4.79 Å². The Kier molecular flexibility index (Phi) is 3.47. The van der Waals surface area contributed by atoms with Crippen LogP contribution in [0.3, 0.4) is 0 Å². The van der Waals surface area contributed by atoms with Crippen LogP contribution in [0.25, 0.3) is 11.4 Å². The van der Waals surface area contributed by atoms with Crippen molar-refractivity contribution < 1.29 is 4.79 Å². The zero-order valence-corrected chi connectivity index (χ0v) is 12.0. The summed E-state index contributed by atoms with van der Waals surface area (Å²) >= 11 is 0. The topological polar surface area (TPSA) is 85.8 Å². The van der Waals surface area contributed by atoms with Crippen molar-refractivity contribution in [2.45, 2.75) is 31.2 Å². The predicted molar refractivity (Wildman–Crippen MR) is 80.5 cm³/mol. The van der Waals surface area contributed by atoms with Gasteiger partial charge in [-0.05, 0) is 37.1 Å². The normalized spacial score (nSPS) is 16.9. The highest BCUT2D eigenvalue weighted by molar-refractivity contribution is 5.98. The molecule has 1 aromatic heterocycles. The molecule has 3 N–H and O–H groups in total. The van der Waals surface area contributed by atoms with Crippen molar-refractivity contribution in [3.05, 3.63) is 30.6 Å². The van der Waals surface area contributed by atoms with Crippen LogP contribution in [-0.2, 0) is 11.8 Å². The van der Waals surface area contributed by atoms with Gasteiger partial charge in [-0.3, -0.25) is 4.79 Å². The molecule has 21 heavy (non-hydrogen) atoms. The van der Waals surface area contributed by atoms with Crippen LogP contribution in [0.15, 0.2) is 30.6 Å². The second kappa shape index (κ2) is 5.29. The highest BCUT2D eigenvalue weighted by Crippen LogP contribution is 2.28. The smallest absolute Gasteiger partial charge is 0.244 e. The maximum atomic E-state index is 12.2. The zero-order valence-electron chi connectivity index (χ0n) is 12.0. The van der Waals surface area contributed by atoms with Crippen LogP contribution in [0.2, 0.25) is 0 Å². The van der Waals surface area contributed by atoms with Gasteiger partial charge in [-0.15, -0.1) is 10.2 Å². The summed E-state index contributed by atoms with van der Waals surface area (Å²) in [4.78, 5) is 12.2. The van der Waals surface area contributed by atoms with Gasteiger partial charge in [-0.1, -0.05) is 12.8 Å². The standard InChI is InChI=1S/C15H19N5O/c1-20-10-17-19-13(20)11-4-6-12(7-5-11)18-14(21)15(16)8-2-3-9-15/h4-7,10H,2-3,8-9,16H2,1H3,(H,18,21). The summed E-state index contributed by atoms with van der Waals surface area (Å²) in [5, 5.41) is 10.8. The van der Waals surface area contributed by atoms with Gasteiger partial charge in [0, 0.05) is 18.3 Å². The molecule has 1 aromatic carbocycles. The van der Waals surface area contributed by atoms with E-state index in [1.807, 2.05) is 35.9 Å². The second-order valence-electron chi connectivity index (χ2n) is 5.66. The Balaban J connectivity index is 1.73. The van der Waals surface area contributed by atoms with Crippen LogP contribution >= 0.6 is 0 Å². The van der Waals surface area contributed by atoms with Gasteiger partial charge in [0.05, 0.1) is 5.54 Å². The monoisotopic (exact) mass is 285 g/mol. The molecular formula is C15H19N5O. The number of hydrogen-bond donors (Lipinski definition) is 2. The number of aryl methyl sites for hydroxylation is 1. The number of hydrogen-bond acceptors (Lipinski definition) is 4. The molecule has 3 rings (SSSR count). The summed E-state index contributed by atoms with van der Waals surface area (Å²) in [6.07, 6.45) is 5.22. The molecule has 6 heteroatoms. The van der Waals surface area contributed by atoms with Crippen molar-refractivity contribution in [2.24, 2.45) is 12.8 Å². The van der Waals surface area contributed by atoms with Crippen molar-refractivity contribution in [2.75, 3.05) is 5.32 Å². The minimum absolute atomic E-state index is 0.0913. The first-order valence-corrected chi connectivity index (χ1v) is 7.13. The van der Waals surface area contributed by atoms with E-state index < -0.39 is 5.54 Å². The molecule has 0 atom stereocenters. The average Bonchev–Trinajstić information content (AvgIpc) is 3.09. The second-order valence-corrected chi connectivity index (χ2v) is 5.66. The molecule has 6 nitrogen and oxygen atoms in total. The highest BCUT2D eigenvalue weighted by atomic mass is 16.2. The Morgan fingerprint density at radius 2 is 1.95 bits per heavy atom. The molecule has 1 aliphatic rings. The fourth-order valence-electron chi connectivity index (χ4n) is 2.74. The summed E-state index contributed by atoms with van der Waals surface area (Å²) in [5.74, 6) is 0.699. The Morgan fingerprint density at radius 1 is 1.29 bits per heavy atom. The van der Waals surface area contributed by atoms with Gasteiger partial charge >= 0.3 is 0 Å². The van der Waals surface area contributed by atoms with Crippen molar-refractivity contribution in [3.8, 4) is 11.4 Å². The highest BCUT2D eigenvalue weighted by Gasteiger charge is 2.36. The molecule has 0 aliphatic heterocycles. The Labute approximate surface area is 123 Å². The molecule has 0 spiro atoms. The van der Waals surface area contributed by atoms with Crippen molar-refractivity contribution in [1.29, 1.82) is 0 Å². The molecule has 0 radical (unpaired) electrons. The van der Waals surface area contributed by atoms with E-state index in [-0.39, 0.29) is 5.91 Å². The van der Waals surface area contributed by atoms with E-state index in [0.29, 0.717) is 0 Å². The van der Waals surface area contributed by atoms with Gasteiger partial charge in [-0.25, -0.2) is 0 Å². The van der Waals surface area contributed by atoms with Crippen LogP contribution < -0.4 is 11.1 Å². The van der Waals surface area contributed by atoms with E-state index in [4.69, 9.17) is 5.73 Å². The lowest BCUT2D eigenvalue weighted by Crippen LogP contribution is -2.48. The average molecular weight is 285 g/mol. The third kappa shape index (κ3) is 2.67. The quantitative estimate of drug-likeness (QED) is 0.898. The van der Waals surface area contributed by atoms with E-state index in [1.54, 1.807) is 6.33 Å². The maximum absolute atomic E-state index is 12.2. The van der Waals surface area contributed by atoms with E-state index in [0.717, 1.165) is 42.8 Å². The maximum Gasteiger partial charge on any atom is 0.244 e. The summed E-state index contributed by atoms with van der Waals surface area (Å²) in [6.45, 7) is 0. The third-order valence-electron chi connectivity index (χ3n) is 4.06. The van der Waals surface area contributed by atoms with E-state index in [2.05, 4.69) is 15.5 Å². The first-order chi connectivity index (χ1) is 10.1. The number of anilines is 1. The van der Waals surface area contributed by atoms with Crippen molar-refractivity contribution >= 4 is 11.6 Å². The minimum Gasteiger partial charge on any atom is -0.324 e. The number of aromatic nitrogens is 3. The van der Waals surface area contributed by atoms with Gasteiger partial charge < -0.3 is 15.6 Å². The van der Waals surface area contributed by atoms with E-state index >= 15 is 0 Å². The molecule has 1 saturated carbocycles. The summed E-state index contributed by atoms with van der Waals surface area (Å²) in [6, 6.07) is 7.55. The number of nitrogens with two attached hydrogens (primary N) is 1. The van der Waals surface area contributed by atoms with Crippen LogP contribution in [-0.4, -0.2) is 26.2 Å². The first-order valence-electron chi connectivity index (χ1n) is 7.13. The van der Waals surface area contributed by atoms with Gasteiger partial charge in [0.2, 0.25) is 5.91 Å². The molecule has 110 valence electrons. The van der Waals surface area contributed by atoms with Crippen molar-refractivity contribution in [3.63, 3.8) is 0 Å². The lowest BCUT2D eigenvalue weighted by Gasteiger charge is -2.22. The SMILES string of the molecule is Cn1cnnc1-c1ccc(NC(=O)C2(N)CCCC2)cc1. The van der Waals surface area contributed by atoms with Crippen LogP contribution in [0.5, 0.6) is 0 Å². The number of amides is 1. The molecular weight excluding hydrogens is 266 g/mol. The number of carbonyl (C=O) groups excluding carboxylic acids is 1. The number of nitrogens with zero attached hydrogens (tertiary/aromatic N) is 3. The Hall–Kier alpha value is -2.21. The summed E-state index contributed by atoms with van der Waals surface area (Å²) in [7, 11) is 1.89. The van der Waals surface area contributed by atoms with Gasteiger partial charge in [0.15, 0.2) is 5.82 Å². The van der Waals surface area contributed by atoms with Crippen LogP contribution in [0.1, 0.15) is 25.7 Å². The number of carbonyl (C=O) groups is 1. The lowest BCUT2D eigenvalue weighted by molar-refractivity contribution is -0.121. The molecule has 0 saturated heterocycles. The summed E-state index contributed by atoms with van der Waals surface area (Å²) in [5.41, 5.74) is 7.15. The Bertz CT molecular complexity index is 640. The molecule has 1 aliphatic carbocycles. The van der Waals surface area contributed by atoms with Crippen LogP contribution in [0.4, 0.5) is 5.69 Å². The fraction of sp³-hybridized carbons (Fsp3) is 0.400. The lowest BCUT2D eigenvalue weighted by atomic mass is 9.98. The molecule has 1 fully saturated rings. The van der Waals surface area contributed by atoms with Crippen molar-refractivity contribution in [1.82, 2.24) is 14.8 Å². The Morgan fingerprint density at radius 3 is 2.52 bits per heavy atom. The van der Waals surface area contributed by atoms with Gasteiger partial charge in [0.1, 0.15) is 6.33 Å². The molecule has 0 unspecified atom stereocenters. The fourth-order valence-corrected chi connectivity index (χ4v) is 2.74. The number of benzene rings is 1. The molecule has 0 bridgehead atoms. The first kappa shape index (κ1) is 13.8. The van der Waals surface area contributed by atoms with Gasteiger partial charge in [0.25, 0.3) is 0 Å². The molecule has 1 amide bonds. The van der Waals surface area contributed by atoms with E-state index in [1.165, 1.54) is 0 Å². The van der Waals surface area contributed by atoms with Crippen LogP contribution in [0, 0.1) is 0 Å². The predicted octanol–water partition coefficient (Wildman–Crippen LogP) is 1.69. The summed E-state index contributed by atoms with van der Waals surface area (Å²) < 4.78 is 1.85. The third-order valence-corrected chi connectivity index (χ3v) is 4.06. The molecule has 1 heterocycles. The zero-order chi connectivity index (χ0) is 14.9. The van der Waals surface area contributed by atoms with Gasteiger partial charge in [-0.2, -0.15) is 0 Å².